The summed E-state index contributed by atoms with van der Waals surface area (Å²) < 4.78 is 0. The molecule has 1 aliphatic heterocycles. The van der Waals surface area contributed by atoms with Crippen LogP contribution in [0.1, 0.15) is 106 Å². The maximum absolute atomic E-state index is 14.0. The van der Waals surface area contributed by atoms with E-state index < -0.39 is 120 Å². The van der Waals surface area contributed by atoms with Crippen molar-refractivity contribution in [2.45, 2.75) is 148 Å². The number of nitrogens with one attached hydrogen (secondary N) is 6. The number of carbonyl (C=O) groups is 9. The first-order chi connectivity index (χ1) is 28.1. The summed E-state index contributed by atoms with van der Waals surface area (Å²) in [5, 5.41) is 34.0. The molecule has 0 aliphatic carbocycles. The van der Waals surface area contributed by atoms with E-state index in [4.69, 9.17) is 22.3 Å². The number of carbonyl (C=O) groups excluding carboxylic acids is 7. The van der Waals surface area contributed by atoms with E-state index in [0.29, 0.717) is 51.6 Å². The van der Waals surface area contributed by atoms with Crippen LogP contribution < -0.4 is 49.1 Å². The molecule has 0 radical (unpaired) electrons. The summed E-state index contributed by atoms with van der Waals surface area (Å²) in [6, 6.07) is -8.32. The molecular formula is C39H70N10O11. The fraction of sp³-hybridized carbons (Fsp3) is 0.769. The molecule has 0 spiro atoms. The summed E-state index contributed by atoms with van der Waals surface area (Å²) in [5.74, 6) is -8.92. The van der Waals surface area contributed by atoms with Crippen LogP contribution in [0.15, 0.2) is 0 Å². The molecule has 1 rings (SSSR count). The smallest absolute Gasteiger partial charge is 0.322 e. The van der Waals surface area contributed by atoms with Crippen molar-refractivity contribution < 1.29 is 53.4 Å². The van der Waals surface area contributed by atoms with Crippen LogP contribution in [0.5, 0.6) is 0 Å². The Labute approximate surface area is 352 Å². The number of nitrogens with zero attached hydrogens (tertiary/aromatic N) is 1. The molecule has 0 aromatic rings. The van der Waals surface area contributed by atoms with Gasteiger partial charge in [0.05, 0.1) is 12.5 Å². The monoisotopic (exact) mass is 855 g/mol. The van der Waals surface area contributed by atoms with E-state index in [2.05, 4.69) is 31.9 Å². The van der Waals surface area contributed by atoms with E-state index in [1.807, 2.05) is 0 Å². The van der Waals surface area contributed by atoms with E-state index in [1.54, 1.807) is 41.5 Å². The molecule has 342 valence electrons. The molecule has 1 heterocycles. The molecule has 7 amide bonds. The predicted molar refractivity (Wildman–Crippen MR) is 220 cm³/mol. The quantitative estimate of drug-likeness (QED) is 0.0380. The number of nitrogens with two attached hydrogens (primary N) is 3. The predicted octanol–water partition coefficient (Wildman–Crippen LogP) is -1.98. The van der Waals surface area contributed by atoms with Crippen molar-refractivity contribution in [3.8, 4) is 0 Å². The first-order valence-corrected chi connectivity index (χ1v) is 20.8. The van der Waals surface area contributed by atoms with Gasteiger partial charge in [0, 0.05) is 6.54 Å². The largest absolute Gasteiger partial charge is 0.481 e. The second-order valence-corrected chi connectivity index (χ2v) is 16.3. The SMILES string of the molecule is CC(C)C[C@H](NC(=O)[C@@H](NC(=O)[C@@H](N)CCCCN)C(C)C)C(=O)N[C@@H](CC(=O)O)C(=O)N1CCC[C@H]1C(=O)N[C@H](C(=O)N[C@@H](CCCCN)C(=O)NCC(=O)O)C(C)C. The van der Waals surface area contributed by atoms with E-state index in [9.17, 15) is 48.3 Å². The number of likely N-dealkylation sites (tertiary alicyclic amines) is 1. The zero-order chi connectivity index (χ0) is 45.7. The van der Waals surface area contributed by atoms with Crippen LogP contribution in [0.25, 0.3) is 0 Å². The number of hydrogen-bond acceptors (Lipinski definition) is 12. The molecule has 14 N–H and O–H groups in total. The molecular weight excluding hydrogens is 784 g/mol. The van der Waals surface area contributed by atoms with Gasteiger partial charge < -0.3 is 64.2 Å². The van der Waals surface area contributed by atoms with Gasteiger partial charge in [-0.05, 0) is 82.2 Å². The zero-order valence-electron chi connectivity index (χ0n) is 35.9. The Balaban J connectivity index is 3.24. The molecule has 0 saturated carbocycles. The number of unbranched alkanes of at least 4 members (excludes halogenated alkanes) is 2. The Bertz CT molecular complexity index is 1480. The fourth-order valence-corrected chi connectivity index (χ4v) is 6.64. The van der Waals surface area contributed by atoms with Gasteiger partial charge in [0.25, 0.3) is 0 Å². The lowest BCUT2D eigenvalue weighted by molar-refractivity contribution is -0.146. The van der Waals surface area contributed by atoms with Crippen molar-refractivity contribution in [1.82, 2.24) is 36.8 Å². The highest BCUT2D eigenvalue weighted by Crippen LogP contribution is 2.21. The molecule has 21 heteroatoms. The molecule has 60 heavy (non-hydrogen) atoms. The molecule has 0 unspecified atom stereocenters. The Morgan fingerprint density at radius 1 is 0.633 bits per heavy atom. The van der Waals surface area contributed by atoms with E-state index >= 15 is 0 Å². The molecule has 21 nitrogen and oxygen atoms in total. The summed E-state index contributed by atoms with van der Waals surface area (Å²) in [6.07, 6.45) is 2.51. The second kappa shape index (κ2) is 27.1. The van der Waals surface area contributed by atoms with Crippen molar-refractivity contribution >= 4 is 53.3 Å². The van der Waals surface area contributed by atoms with E-state index in [1.165, 1.54) is 0 Å². The molecule has 7 atom stereocenters. The normalized spacial score (nSPS) is 16.9. The third-order valence-corrected chi connectivity index (χ3v) is 9.97. The standard InChI is InChI=1S/C39H70N10O11/c1-21(2)18-26(45-38(59)31(22(3)4)47-33(54)24(42)12-7-9-15-40)35(56)46-27(19-29(50)51)39(60)49-17-11-14-28(49)36(57)48-32(23(5)6)37(58)44-25(13-8-10-16-41)34(55)43-20-30(52)53/h21-28,31-32H,7-20,40-42H2,1-6H3,(H,43,55)(H,44,58)(H,45,59)(H,46,56)(H,47,54)(H,48,57)(H,50,51)(H,52,53)/t24-,25-,26-,27-,28-,31-,32-/m0/s1. The summed E-state index contributed by atoms with van der Waals surface area (Å²) in [7, 11) is 0. The van der Waals surface area contributed by atoms with Crippen LogP contribution >= 0.6 is 0 Å². The number of carboxylic acids is 2. The van der Waals surface area contributed by atoms with Crippen LogP contribution in [0.3, 0.4) is 0 Å². The van der Waals surface area contributed by atoms with Gasteiger partial charge in [-0.15, -0.1) is 0 Å². The minimum atomic E-state index is -1.65. The van der Waals surface area contributed by atoms with Gasteiger partial charge in [-0.2, -0.15) is 0 Å². The van der Waals surface area contributed by atoms with Crippen molar-refractivity contribution in [3.63, 3.8) is 0 Å². The topological polar surface area (TPSA) is 348 Å². The minimum absolute atomic E-state index is 0.0324. The lowest BCUT2D eigenvalue weighted by Gasteiger charge is -2.31. The van der Waals surface area contributed by atoms with E-state index in [-0.39, 0.29) is 31.7 Å². The first-order valence-electron chi connectivity index (χ1n) is 20.8. The van der Waals surface area contributed by atoms with Gasteiger partial charge in [-0.3, -0.25) is 43.2 Å². The molecule has 0 bridgehead atoms. The maximum atomic E-state index is 14.0. The lowest BCUT2D eigenvalue weighted by atomic mass is 9.99. The van der Waals surface area contributed by atoms with Crippen LogP contribution in [0.4, 0.5) is 0 Å². The minimum Gasteiger partial charge on any atom is -0.481 e. The fourth-order valence-electron chi connectivity index (χ4n) is 6.64. The van der Waals surface area contributed by atoms with Gasteiger partial charge in [0.2, 0.25) is 41.4 Å². The Kier molecular flexibility index (Phi) is 24.0. The van der Waals surface area contributed by atoms with Gasteiger partial charge >= 0.3 is 11.9 Å². The third-order valence-electron chi connectivity index (χ3n) is 9.97. The van der Waals surface area contributed by atoms with Crippen molar-refractivity contribution in [2.24, 2.45) is 35.0 Å². The zero-order valence-corrected chi connectivity index (χ0v) is 35.9. The number of rotatable bonds is 28. The number of aliphatic carboxylic acids is 2. The summed E-state index contributed by atoms with van der Waals surface area (Å²) in [4.78, 5) is 118. The summed E-state index contributed by atoms with van der Waals surface area (Å²) in [5.41, 5.74) is 17.1. The highest BCUT2D eigenvalue weighted by molar-refractivity contribution is 5.98. The molecule has 0 aromatic heterocycles. The molecule has 1 fully saturated rings. The van der Waals surface area contributed by atoms with Gasteiger partial charge in [0.15, 0.2) is 0 Å². The maximum Gasteiger partial charge on any atom is 0.322 e. The number of amides is 7. The number of hydrogen-bond donors (Lipinski definition) is 11. The van der Waals surface area contributed by atoms with Crippen molar-refractivity contribution in [3.05, 3.63) is 0 Å². The second-order valence-electron chi connectivity index (χ2n) is 16.3. The average Bonchev–Trinajstić information content (AvgIpc) is 3.66. The van der Waals surface area contributed by atoms with Gasteiger partial charge in [-0.25, -0.2) is 0 Å². The lowest BCUT2D eigenvalue weighted by Crippen LogP contribution is -2.61. The Morgan fingerprint density at radius 3 is 1.68 bits per heavy atom. The summed E-state index contributed by atoms with van der Waals surface area (Å²) in [6.45, 7) is 10.4. The Morgan fingerprint density at radius 2 is 1.17 bits per heavy atom. The average molecular weight is 855 g/mol. The van der Waals surface area contributed by atoms with Gasteiger partial charge in [0.1, 0.15) is 42.8 Å². The molecule has 1 aliphatic rings. The van der Waals surface area contributed by atoms with Crippen LogP contribution in [0.2, 0.25) is 0 Å². The van der Waals surface area contributed by atoms with Gasteiger partial charge in [-0.1, -0.05) is 48.0 Å². The van der Waals surface area contributed by atoms with Crippen molar-refractivity contribution in [2.75, 3.05) is 26.2 Å². The Hall–Kier alpha value is -4.89. The third kappa shape index (κ3) is 18.6. The molecule has 1 saturated heterocycles. The van der Waals surface area contributed by atoms with Crippen LogP contribution in [-0.2, 0) is 43.2 Å². The highest BCUT2D eigenvalue weighted by atomic mass is 16.4. The highest BCUT2D eigenvalue weighted by Gasteiger charge is 2.41. The first kappa shape index (κ1) is 53.1. The molecule has 0 aromatic carbocycles. The van der Waals surface area contributed by atoms with Crippen molar-refractivity contribution in [1.29, 1.82) is 0 Å². The van der Waals surface area contributed by atoms with E-state index in [0.717, 1.165) is 4.90 Å². The number of carboxylic acid groups (broad SMARTS) is 2. The van der Waals surface area contributed by atoms with Crippen LogP contribution in [-0.4, -0.2) is 137 Å². The summed E-state index contributed by atoms with van der Waals surface area (Å²) >= 11 is 0. The van der Waals surface area contributed by atoms with Crippen LogP contribution in [0, 0.1) is 17.8 Å².